The zero-order valence-corrected chi connectivity index (χ0v) is 15.9. The molecule has 1 amide bonds. The van der Waals surface area contributed by atoms with Crippen molar-refractivity contribution in [1.29, 1.82) is 0 Å². The molecule has 8 nitrogen and oxygen atoms in total. The molecule has 0 saturated carbocycles. The molecule has 1 aromatic rings. The first kappa shape index (κ1) is 23.2. The van der Waals surface area contributed by atoms with Crippen molar-refractivity contribution in [2.75, 3.05) is 26.8 Å². The van der Waals surface area contributed by atoms with E-state index in [9.17, 15) is 32.3 Å². The van der Waals surface area contributed by atoms with Gasteiger partial charge in [-0.15, -0.1) is 0 Å². The maximum atomic E-state index is 12.8. The minimum absolute atomic E-state index is 0.0379. The number of rotatable bonds is 8. The number of methoxy groups -OCH3 is 1. The Labute approximate surface area is 159 Å². The summed E-state index contributed by atoms with van der Waals surface area (Å²) in [5.41, 5.74) is 0.0746. The van der Waals surface area contributed by atoms with Gasteiger partial charge in [0.25, 0.3) is 0 Å². The second-order valence-electron chi connectivity index (χ2n) is 5.87. The number of aromatic amines is 1. The molecule has 0 aliphatic carbocycles. The third-order valence-corrected chi connectivity index (χ3v) is 3.75. The van der Waals surface area contributed by atoms with Crippen LogP contribution in [0.2, 0.25) is 0 Å². The number of carbonyl (C=O) groups is 4. The fraction of sp³-hybridized carbons (Fsp3) is 0.529. The molecule has 28 heavy (non-hydrogen) atoms. The van der Waals surface area contributed by atoms with Crippen LogP contribution in [0.15, 0.2) is 0 Å². The zero-order chi connectivity index (χ0) is 21.6. The maximum absolute atomic E-state index is 12.8. The van der Waals surface area contributed by atoms with Crippen molar-refractivity contribution >= 4 is 23.6 Å². The van der Waals surface area contributed by atoms with Crippen molar-refractivity contribution in [3.05, 3.63) is 22.5 Å². The molecule has 0 radical (unpaired) electrons. The SMILES string of the molecule is CCOC(=O)CN(CC(F)(F)F)C(=O)Cc1[nH]c(C(C)=O)c(C)c1C(=O)OC. The number of hydrogen-bond acceptors (Lipinski definition) is 6. The number of amides is 1. The third kappa shape index (κ3) is 6.10. The van der Waals surface area contributed by atoms with Crippen molar-refractivity contribution in [3.8, 4) is 0 Å². The molecule has 0 aliphatic rings. The molecule has 0 unspecified atom stereocenters. The Bertz CT molecular complexity index is 770. The number of esters is 2. The summed E-state index contributed by atoms with van der Waals surface area (Å²) >= 11 is 0. The molecule has 11 heteroatoms. The van der Waals surface area contributed by atoms with Crippen LogP contribution in [0, 0.1) is 6.92 Å². The van der Waals surface area contributed by atoms with Crippen LogP contribution in [0.25, 0.3) is 0 Å². The summed E-state index contributed by atoms with van der Waals surface area (Å²) in [5, 5.41) is 0. The summed E-state index contributed by atoms with van der Waals surface area (Å²) in [5.74, 6) is -3.36. The Morgan fingerprint density at radius 3 is 2.25 bits per heavy atom. The molecule has 0 atom stereocenters. The van der Waals surface area contributed by atoms with Crippen molar-refractivity contribution < 1.29 is 41.8 Å². The Morgan fingerprint density at radius 1 is 1.18 bits per heavy atom. The van der Waals surface area contributed by atoms with Crippen molar-refractivity contribution in [1.82, 2.24) is 9.88 Å². The minimum Gasteiger partial charge on any atom is -0.465 e. The molecule has 0 spiro atoms. The zero-order valence-electron chi connectivity index (χ0n) is 15.9. The lowest BCUT2D eigenvalue weighted by Gasteiger charge is -2.23. The van der Waals surface area contributed by atoms with E-state index in [4.69, 9.17) is 0 Å². The molecule has 1 heterocycles. The van der Waals surface area contributed by atoms with Gasteiger partial charge in [0.05, 0.1) is 31.4 Å². The van der Waals surface area contributed by atoms with Crippen molar-refractivity contribution in [2.45, 2.75) is 33.4 Å². The summed E-state index contributed by atoms with van der Waals surface area (Å²) in [4.78, 5) is 50.6. The van der Waals surface area contributed by atoms with E-state index in [2.05, 4.69) is 14.5 Å². The summed E-state index contributed by atoms with van der Waals surface area (Å²) in [7, 11) is 1.09. The van der Waals surface area contributed by atoms with Gasteiger partial charge < -0.3 is 19.4 Å². The average Bonchev–Trinajstić information content (AvgIpc) is 2.89. The summed E-state index contributed by atoms with van der Waals surface area (Å²) in [6, 6.07) is 0. The number of Topliss-reactive ketones (excluding diaryl/α,β-unsaturated/α-hetero) is 1. The van der Waals surface area contributed by atoms with Crippen molar-refractivity contribution in [3.63, 3.8) is 0 Å². The van der Waals surface area contributed by atoms with Gasteiger partial charge in [0, 0.05) is 12.6 Å². The van der Waals surface area contributed by atoms with E-state index in [-0.39, 0.29) is 34.0 Å². The van der Waals surface area contributed by atoms with Gasteiger partial charge in [0.15, 0.2) is 5.78 Å². The monoisotopic (exact) mass is 406 g/mol. The van der Waals surface area contributed by atoms with E-state index >= 15 is 0 Å². The molecular formula is C17H21F3N2O6. The number of carbonyl (C=O) groups excluding carboxylic acids is 4. The van der Waals surface area contributed by atoms with Crippen LogP contribution >= 0.6 is 0 Å². The predicted octanol–water partition coefficient (Wildman–Crippen LogP) is 1.81. The predicted molar refractivity (Wildman–Crippen MR) is 89.8 cm³/mol. The first-order chi connectivity index (χ1) is 12.9. The molecule has 1 rings (SSSR count). The number of halogens is 3. The van der Waals surface area contributed by atoms with Crippen LogP contribution in [0.1, 0.15) is 46.0 Å². The highest BCUT2D eigenvalue weighted by Crippen LogP contribution is 2.22. The molecule has 1 aromatic heterocycles. The maximum Gasteiger partial charge on any atom is 0.406 e. The average molecular weight is 406 g/mol. The summed E-state index contributed by atoms with van der Waals surface area (Å²) < 4.78 is 47.6. The lowest BCUT2D eigenvalue weighted by atomic mass is 10.1. The fourth-order valence-corrected chi connectivity index (χ4v) is 2.60. The Balaban J connectivity index is 3.21. The highest BCUT2D eigenvalue weighted by atomic mass is 19.4. The Kier molecular flexibility index (Phi) is 7.77. The van der Waals surface area contributed by atoms with Gasteiger partial charge in [-0.1, -0.05) is 0 Å². The van der Waals surface area contributed by atoms with Crippen LogP contribution in [-0.4, -0.2) is 66.5 Å². The van der Waals surface area contributed by atoms with Gasteiger partial charge in [-0.05, 0) is 19.4 Å². The molecule has 0 fully saturated rings. The first-order valence-electron chi connectivity index (χ1n) is 8.22. The Morgan fingerprint density at radius 2 is 1.79 bits per heavy atom. The highest BCUT2D eigenvalue weighted by molar-refractivity contribution is 6.01. The lowest BCUT2D eigenvalue weighted by Crippen LogP contribution is -2.43. The number of ketones is 1. The van der Waals surface area contributed by atoms with Gasteiger partial charge in [0.2, 0.25) is 5.91 Å². The van der Waals surface area contributed by atoms with Crippen LogP contribution in [0.3, 0.4) is 0 Å². The largest absolute Gasteiger partial charge is 0.465 e. The number of H-pyrrole nitrogens is 1. The lowest BCUT2D eigenvalue weighted by molar-refractivity contribution is -0.167. The number of aromatic nitrogens is 1. The second-order valence-corrected chi connectivity index (χ2v) is 5.87. The van der Waals surface area contributed by atoms with Gasteiger partial charge in [-0.2, -0.15) is 13.2 Å². The van der Waals surface area contributed by atoms with E-state index < -0.39 is 49.3 Å². The Hall–Kier alpha value is -2.85. The van der Waals surface area contributed by atoms with E-state index in [1.807, 2.05) is 0 Å². The minimum atomic E-state index is -4.75. The molecule has 0 aromatic carbocycles. The van der Waals surface area contributed by atoms with E-state index in [1.54, 1.807) is 0 Å². The quantitative estimate of drug-likeness (QED) is 0.521. The molecule has 156 valence electrons. The van der Waals surface area contributed by atoms with Gasteiger partial charge in [0.1, 0.15) is 13.1 Å². The summed E-state index contributed by atoms with van der Waals surface area (Å²) in [6.07, 6.45) is -5.42. The molecule has 0 aliphatic heterocycles. The second kappa shape index (κ2) is 9.38. The van der Waals surface area contributed by atoms with Crippen LogP contribution < -0.4 is 0 Å². The standard InChI is InChI=1S/C17H21F3N2O6/c1-5-28-13(25)7-22(8-17(18,19)20)12(24)6-11-14(16(26)27-4)9(2)15(21-11)10(3)23/h21H,5-8H2,1-4H3. The molecule has 1 N–H and O–H groups in total. The first-order valence-corrected chi connectivity index (χ1v) is 8.22. The number of nitrogens with one attached hydrogen (secondary N) is 1. The van der Waals surface area contributed by atoms with Crippen molar-refractivity contribution in [2.24, 2.45) is 0 Å². The number of alkyl halides is 3. The fourth-order valence-electron chi connectivity index (χ4n) is 2.60. The smallest absolute Gasteiger partial charge is 0.406 e. The van der Waals surface area contributed by atoms with Gasteiger partial charge >= 0.3 is 18.1 Å². The van der Waals surface area contributed by atoms with Gasteiger partial charge in [-0.25, -0.2) is 4.79 Å². The van der Waals surface area contributed by atoms with Crippen LogP contribution in [0.4, 0.5) is 13.2 Å². The van der Waals surface area contributed by atoms with E-state index in [0.29, 0.717) is 0 Å². The number of ether oxygens (including phenoxy) is 2. The van der Waals surface area contributed by atoms with Crippen LogP contribution in [-0.2, 0) is 25.5 Å². The molecule has 0 saturated heterocycles. The third-order valence-electron chi connectivity index (χ3n) is 3.75. The topological polar surface area (TPSA) is 106 Å². The highest BCUT2D eigenvalue weighted by Gasteiger charge is 2.35. The van der Waals surface area contributed by atoms with E-state index in [0.717, 1.165) is 7.11 Å². The van der Waals surface area contributed by atoms with Crippen LogP contribution in [0.5, 0.6) is 0 Å². The van der Waals surface area contributed by atoms with E-state index in [1.165, 1.54) is 20.8 Å². The number of nitrogens with zero attached hydrogens (tertiary/aromatic N) is 1. The molecule has 0 bridgehead atoms. The van der Waals surface area contributed by atoms with Gasteiger partial charge in [-0.3, -0.25) is 14.4 Å². The normalized spacial score (nSPS) is 11.1. The summed E-state index contributed by atoms with van der Waals surface area (Å²) in [6.45, 7) is 1.51. The molecular weight excluding hydrogens is 385 g/mol. The number of hydrogen-bond donors (Lipinski definition) is 1.